The maximum absolute atomic E-state index is 12.6. The largest absolute Gasteiger partial charge is 0.383 e. The van der Waals surface area contributed by atoms with Gasteiger partial charge in [-0.1, -0.05) is 15.9 Å². The Hall–Kier alpha value is -1.98. The minimum atomic E-state index is -3.12. The molecule has 1 atom stereocenters. The van der Waals surface area contributed by atoms with E-state index in [1.807, 2.05) is 0 Å². The molecule has 4 amide bonds. The zero-order chi connectivity index (χ0) is 21.9. The van der Waals surface area contributed by atoms with E-state index in [9.17, 15) is 22.8 Å². The van der Waals surface area contributed by atoms with Gasteiger partial charge in [-0.3, -0.25) is 14.5 Å². The highest BCUT2D eigenvalue weighted by Gasteiger charge is 2.36. The number of fused-ring (bicyclic) bond motifs is 1. The van der Waals surface area contributed by atoms with Crippen molar-refractivity contribution >= 4 is 43.6 Å². The number of carbonyl (C=O) groups is 3. The molecule has 1 N–H and O–H groups in total. The van der Waals surface area contributed by atoms with Crippen molar-refractivity contribution in [2.45, 2.75) is 18.9 Å². The smallest absolute Gasteiger partial charge is 0.317 e. The van der Waals surface area contributed by atoms with Gasteiger partial charge in [0.2, 0.25) is 0 Å². The summed E-state index contributed by atoms with van der Waals surface area (Å²) in [6, 6.07) is 4.21. The summed E-state index contributed by atoms with van der Waals surface area (Å²) in [5.74, 6) is -0.661. The fourth-order valence-corrected chi connectivity index (χ4v) is 5.75. The number of halogens is 1. The van der Waals surface area contributed by atoms with E-state index in [1.165, 1.54) is 16.9 Å². The number of nitrogens with one attached hydrogen (secondary N) is 1. The Bertz CT molecular complexity index is 952. The summed E-state index contributed by atoms with van der Waals surface area (Å²) in [4.78, 5) is 40.2. The van der Waals surface area contributed by atoms with Gasteiger partial charge in [-0.15, -0.1) is 0 Å². The molecule has 2 aliphatic heterocycles. The summed E-state index contributed by atoms with van der Waals surface area (Å²) < 4.78 is 29.3. The molecule has 2 heterocycles. The van der Waals surface area contributed by atoms with E-state index in [0.29, 0.717) is 30.6 Å². The van der Waals surface area contributed by atoms with Gasteiger partial charge in [0.1, 0.15) is 0 Å². The molecule has 0 radical (unpaired) electrons. The molecule has 30 heavy (non-hydrogen) atoms. The van der Waals surface area contributed by atoms with Crippen molar-refractivity contribution in [2.75, 3.05) is 44.9 Å². The summed E-state index contributed by atoms with van der Waals surface area (Å²) >= 11 is 3.30. The summed E-state index contributed by atoms with van der Waals surface area (Å²) in [5, 5.41) is 2.76. The van der Waals surface area contributed by atoms with E-state index in [-0.39, 0.29) is 55.0 Å². The second-order valence-corrected chi connectivity index (χ2v) is 10.4. The molecular weight excluding hydrogens is 478 g/mol. The average molecular weight is 502 g/mol. The van der Waals surface area contributed by atoms with Crippen LogP contribution >= 0.6 is 15.9 Å². The van der Waals surface area contributed by atoms with Gasteiger partial charge in [0.15, 0.2) is 9.84 Å². The minimum absolute atomic E-state index is 0.0469. The van der Waals surface area contributed by atoms with Gasteiger partial charge in [-0.25, -0.2) is 13.2 Å². The van der Waals surface area contributed by atoms with Crippen LogP contribution in [0.3, 0.4) is 0 Å². The zero-order valence-electron chi connectivity index (χ0n) is 16.6. The molecule has 0 aromatic heterocycles. The molecule has 9 nitrogen and oxygen atoms in total. The Labute approximate surface area is 183 Å². The summed E-state index contributed by atoms with van der Waals surface area (Å²) in [6.07, 6.45) is 0.795. The van der Waals surface area contributed by atoms with Gasteiger partial charge in [0.05, 0.1) is 29.2 Å². The number of benzene rings is 1. The number of amides is 4. The molecule has 1 aromatic carbocycles. The number of ether oxygens (including phenoxy) is 1. The number of urea groups is 1. The molecule has 0 bridgehead atoms. The number of hydrogen-bond donors (Lipinski definition) is 1. The molecule has 0 spiro atoms. The standard InChI is InChI=1S/C19H24BrN3O6S/c1-29-9-8-22(14-5-10-30(27,28)12-14)19(26)21-6-2-7-23-17(24)15-4-3-13(20)11-16(15)18(23)25/h3-4,11,14H,2,5-10,12H2,1H3,(H,21,26). The van der Waals surface area contributed by atoms with E-state index >= 15 is 0 Å². The molecule has 3 rings (SSSR count). The minimum Gasteiger partial charge on any atom is -0.383 e. The van der Waals surface area contributed by atoms with Crippen LogP contribution < -0.4 is 5.32 Å². The van der Waals surface area contributed by atoms with E-state index in [4.69, 9.17) is 4.74 Å². The first-order valence-corrected chi connectivity index (χ1v) is 12.2. The lowest BCUT2D eigenvalue weighted by Crippen LogP contribution is -2.48. The normalized spacial score (nSPS) is 19.8. The first kappa shape index (κ1) is 22.7. The number of rotatable bonds is 8. The monoisotopic (exact) mass is 501 g/mol. The van der Waals surface area contributed by atoms with Crippen LogP contribution in [0.2, 0.25) is 0 Å². The van der Waals surface area contributed by atoms with Crippen molar-refractivity contribution in [3.63, 3.8) is 0 Å². The van der Waals surface area contributed by atoms with Crippen molar-refractivity contribution in [1.29, 1.82) is 0 Å². The summed E-state index contributed by atoms with van der Waals surface area (Å²) in [7, 11) is -1.61. The van der Waals surface area contributed by atoms with Crippen LogP contribution in [0.1, 0.15) is 33.6 Å². The van der Waals surface area contributed by atoms with E-state index in [0.717, 1.165) is 4.47 Å². The van der Waals surface area contributed by atoms with Crippen LogP contribution in [0.4, 0.5) is 4.79 Å². The Kier molecular flexibility index (Phi) is 7.14. The quantitative estimate of drug-likeness (QED) is 0.424. The SMILES string of the molecule is COCCN(C(=O)NCCCN1C(=O)c2ccc(Br)cc2C1=O)C1CCS(=O)(=O)C1. The van der Waals surface area contributed by atoms with E-state index in [2.05, 4.69) is 21.2 Å². The molecule has 1 aromatic rings. The highest BCUT2D eigenvalue weighted by atomic mass is 79.9. The highest BCUT2D eigenvalue weighted by Crippen LogP contribution is 2.26. The van der Waals surface area contributed by atoms with E-state index < -0.39 is 9.84 Å². The molecule has 1 unspecified atom stereocenters. The van der Waals surface area contributed by atoms with Gasteiger partial charge in [0.25, 0.3) is 11.8 Å². The fraction of sp³-hybridized carbons (Fsp3) is 0.526. The Morgan fingerprint density at radius 1 is 1.30 bits per heavy atom. The van der Waals surface area contributed by atoms with Gasteiger partial charge >= 0.3 is 6.03 Å². The maximum Gasteiger partial charge on any atom is 0.317 e. The third-order valence-electron chi connectivity index (χ3n) is 5.21. The molecule has 2 aliphatic rings. The Morgan fingerprint density at radius 3 is 2.70 bits per heavy atom. The van der Waals surface area contributed by atoms with Gasteiger partial charge < -0.3 is 15.0 Å². The van der Waals surface area contributed by atoms with Crippen LogP contribution in [0, 0.1) is 0 Å². The maximum atomic E-state index is 12.6. The number of imide groups is 1. The third-order valence-corrected chi connectivity index (χ3v) is 7.46. The molecule has 11 heteroatoms. The second kappa shape index (κ2) is 9.44. The van der Waals surface area contributed by atoms with E-state index in [1.54, 1.807) is 18.2 Å². The number of hydrogen-bond acceptors (Lipinski definition) is 6. The van der Waals surface area contributed by atoms with Gasteiger partial charge in [-0.05, 0) is 31.0 Å². The number of sulfone groups is 1. The average Bonchev–Trinajstić information content (AvgIpc) is 3.16. The predicted molar refractivity (Wildman–Crippen MR) is 113 cm³/mol. The molecule has 164 valence electrons. The molecule has 0 saturated carbocycles. The van der Waals surface area contributed by atoms with Crippen molar-refractivity contribution in [3.8, 4) is 0 Å². The van der Waals surface area contributed by atoms with Crippen LogP contribution in [0.25, 0.3) is 0 Å². The summed E-state index contributed by atoms with van der Waals surface area (Å²) in [6.45, 7) is 1.02. The number of nitrogens with zero attached hydrogens (tertiary/aromatic N) is 2. The molecular formula is C19H24BrN3O6S. The van der Waals surface area contributed by atoms with Crippen molar-refractivity contribution in [2.24, 2.45) is 0 Å². The molecule has 1 fully saturated rings. The highest BCUT2D eigenvalue weighted by molar-refractivity contribution is 9.10. The molecule has 0 aliphatic carbocycles. The van der Waals surface area contributed by atoms with Crippen LogP contribution in [0.5, 0.6) is 0 Å². The number of carbonyl (C=O) groups excluding carboxylic acids is 3. The first-order valence-electron chi connectivity index (χ1n) is 9.63. The lowest BCUT2D eigenvalue weighted by atomic mass is 10.1. The summed E-state index contributed by atoms with van der Waals surface area (Å²) in [5.41, 5.74) is 0.743. The lowest BCUT2D eigenvalue weighted by molar-refractivity contribution is 0.0653. The van der Waals surface area contributed by atoms with Gasteiger partial charge in [0, 0.05) is 37.3 Å². The molecule has 1 saturated heterocycles. The van der Waals surface area contributed by atoms with Crippen LogP contribution in [-0.4, -0.2) is 87.0 Å². The van der Waals surface area contributed by atoms with Crippen LogP contribution in [-0.2, 0) is 14.6 Å². The van der Waals surface area contributed by atoms with Crippen molar-refractivity contribution in [3.05, 3.63) is 33.8 Å². The topological polar surface area (TPSA) is 113 Å². The predicted octanol–water partition coefficient (Wildman–Crippen LogP) is 1.28. The fourth-order valence-electron chi connectivity index (χ4n) is 3.66. The van der Waals surface area contributed by atoms with Crippen molar-refractivity contribution in [1.82, 2.24) is 15.1 Å². The van der Waals surface area contributed by atoms with Gasteiger partial charge in [-0.2, -0.15) is 0 Å². The Morgan fingerprint density at radius 2 is 2.03 bits per heavy atom. The number of methoxy groups -OCH3 is 1. The first-order chi connectivity index (χ1) is 14.2. The second-order valence-electron chi connectivity index (χ2n) is 7.28. The third kappa shape index (κ3) is 5.01. The van der Waals surface area contributed by atoms with Crippen molar-refractivity contribution < 1.29 is 27.5 Å². The lowest BCUT2D eigenvalue weighted by Gasteiger charge is -2.28. The van der Waals surface area contributed by atoms with Crippen LogP contribution in [0.15, 0.2) is 22.7 Å². The Balaban J connectivity index is 1.52. The zero-order valence-corrected chi connectivity index (χ0v) is 19.0.